The lowest BCUT2D eigenvalue weighted by molar-refractivity contribution is 0.678. The van der Waals surface area contributed by atoms with Gasteiger partial charge < -0.3 is 10.2 Å². The zero-order valence-electron chi connectivity index (χ0n) is 10.6. The second kappa shape index (κ2) is 4.33. The lowest BCUT2D eigenvalue weighted by atomic mass is 9.90. The number of nitrogens with one attached hydrogen (secondary N) is 2. The van der Waals surface area contributed by atoms with Crippen LogP contribution in [0.1, 0.15) is 23.7 Å². The largest absolute Gasteiger partial charge is 0.385 e. The highest BCUT2D eigenvalue weighted by Crippen LogP contribution is 2.34. The van der Waals surface area contributed by atoms with Gasteiger partial charge in [0, 0.05) is 32.2 Å². The summed E-state index contributed by atoms with van der Waals surface area (Å²) in [5, 5.41) is 10.7. The second-order valence-corrected chi connectivity index (χ2v) is 4.77. The highest BCUT2D eigenvalue weighted by molar-refractivity contribution is 5.56. The number of aromatic amines is 1. The Bertz CT molecular complexity index is 546. The molecule has 0 aliphatic carbocycles. The molecule has 2 N–H and O–H groups in total. The molecule has 0 fully saturated rings. The Hall–Kier alpha value is -2.04. The standard InChI is InChI=1S/C13H17N5/c1-18(2)13-15-12(16-17-13)10-7-8-14-11-6-4-3-5-9(10)11/h3-6,10,14H,7-8H2,1-2H3,(H,15,16,17). The molecular formula is C13H17N5. The molecule has 0 saturated heterocycles. The van der Waals surface area contributed by atoms with E-state index in [4.69, 9.17) is 0 Å². The first-order valence-corrected chi connectivity index (χ1v) is 6.18. The average Bonchev–Trinajstić information content (AvgIpc) is 2.87. The van der Waals surface area contributed by atoms with Crippen molar-refractivity contribution in [2.75, 3.05) is 30.9 Å². The molecule has 0 bridgehead atoms. The Labute approximate surface area is 106 Å². The fourth-order valence-electron chi connectivity index (χ4n) is 2.37. The van der Waals surface area contributed by atoms with Crippen LogP contribution in [0.4, 0.5) is 11.6 Å². The van der Waals surface area contributed by atoms with Gasteiger partial charge in [-0.2, -0.15) is 4.98 Å². The summed E-state index contributed by atoms with van der Waals surface area (Å²) in [5.74, 6) is 2.00. The minimum Gasteiger partial charge on any atom is -0.385 e. The van der Waals surface area contributed by atoms with E-state index in [0.29, 0.717) is 5.92 Å². The highest BCUT2D eigenvalue weighted by Gasteiger charge is 2.24. The summed E-state index contributed by atoms with van der Waals surface area (Å²) in [7, 11) is 3.90. The summed E-state index contributed by atoms with van der Waals surface area (Å²) < 4.78 is 0. The SMILES string of the molecule is CN(C)c1n[nH]c(C2CCNc3ccccc32)n1. The van der Waals surface area contributed by atoms with Crippen molar-refractivity contribution in [2.24, 2.45) is 0 Å². The van der Waals surface area contributed by atoms with Crippen LogP contribution >= 0.6 is 0 Å². The number of rotatable bonds is 2. The van der Waals surface area contributed by atoms with Crippen LogP contribution in [0.5, 0.6) is 0 Å². The van der Waals surface area contributed by atoms with Gasteiger partial charge in [-0.25, -0.2) is 0 Å². The van der Waals surface area contributed by atoms with Crippen LogP contribution in [0, 0.1) is 0 Å². The maximum absolute atomic E-state index is 4.56. The molecule has 94 valence electrons. The Morgan fingerprint density at radius 2 is 2.11 bits per heavy atom. The molecule has 3 rings (SSSR count). The summed E-state index contributed by atoms with van der Waals surface area (Å²) in [6.07, 6.45) is 1.04. The summed E-state index contributed by atoms with van der Waals surface area (Å²) in [6.45, 7) is 0.972. The Balaban J connectivity index is 1.97. The van der Waals surface area contributed by atoms with Gasteiger partial charge in [-0.1, -0.05) is 18.2 Å². The molecule has 1 unspecified atom stereocenters. The quantitative estimate of drug-likeness (QED) is 0.844. The van der Waals surface area contributed by atoms with Crippen molar-refractivity contribution < 1.29 is 0 Å². The molecule has 0 amide bonds. The minimum atomic E-state index is 0.309. The lowest BCUT2D eigenvalue weighted by Gasteiger charge is -2.24. The predicted octanol–water partition coefficient (Wildman–Crippen LogP) is 1.82. The van der Waals surface area contributed by atoms with Gasteiger partial charge in [0.05, 0.1) is 0 Å². The Kier molecular flexibility index (Phi) is 2.66. The zero-order chi connectivity index (χ0) is 12.5. The number of H-pyrrole nitrogens is 1. The third-order valence-electron chi connectivity index (χ3n) is 3.31. The van der Waals surface area contributed by atoms with Crippen LogP contribution < -0.4 is 10.2 Å². The van der Waals surface area contributed by atoms with Crippen LogP contribution in [0.25, 0.3) is 0 Å². The minimum absolute atomic E-state index is 0.309. The number of anilines is 2. The van der Waals surface area contributed by atoms with Gasteiger partial charge in [0.25, 0.3) is 0 Å². The number of fused-ring (bicyclic) bond motifs is 1. The molecule has 5 heteroatoms. The van der Waals surface area contributed by atoms with Crippen molar-refractivity contribution in [3.8, 4) is 0 Å². The van der Waals surface area contributed by atoms with Gasteiger partial charge in [0.2, 0.25) is 5.95 Å². The predicted molar refractivity (Wildman–Crippen MR) is 72.1 cm³/mol. The summed E-state index contributed by atoms with van der Waals surface area (Å²) in [6, 6.07) is 8.40. The first kappa shape index (κ1) is 11.1. The number of aromatic nitrogens is 3. The fourth-order valence-corrected chi connectivity index (χ4v) is 2.37. The third-order valence-corrected chi connectivity index (χ3v) is 3.31. The third kappa shape index (κ3) is 1.81. The Morgan fingerprint density at radius 1 is 1.28 bits per heavy atom. The lowest BCUT2D eigenvalue weighted by Crippen LogP contribution is -2.18. The van der Waals surface area contributed by atoms with E-state index in [1.165, 1.54) is 11.3 Å². The second-order valence-electron chi connectivity index (χ2n) is 4.77. The molecular weight excluding hydrogens is 226 g/mol. The van der Waals surface area contributed by atoms with Crippen LogP contribution in [0.15, 0.2) is 24.3 Å². The molecule has 5 nitrogen and oxygen atoms in total. The van der Waals surface area contributed by atoms with Crippen molar-refractivity contribution in [3.05, 3.63) is 35.7 Å². The molecule has 1 aromatic carbocycles. The molecule has 0 saturated carbocycles. The normalized spacial score (nSPS) is 18.0. The van der Waals surface area contributed by atoms with E-state index < -0.39 is 0 Å². The van der Waals surface area contributed by atoms with E-state index in [9.17, 15) is 0 Å². The van der Waals surface area contributed by atoms with Crippen molar-refractivity contribution >= 4 is 11.6 Å². The topological polar surface area (TPSA) is 56.8 Å². The van der Waals surface area contributed by atoms with Crippen molar-refractivity contribution in [1.29, 1.82) is 0 Å². The van der Waals surface area contributed by atoms with Crippen molar-refractivity contribution in [1.82, 2.24) is 15.2 Å². The van der Waals surface area contributed by atoms with Crippen LogP contribution in [-0.2, 0) is 0 Å². The summed E-state index contributed by atoms with van der Waals surface area (Å²) in [5.41, 5.74) is 2.50. The maximum atomic E-state index is 4.56. The van der Waals surface area contributed by atoms with Gasteiger partial charge >= 0.3 is 0 Å². The van der Waals surface area contributed by atoms with Crippen LogP contribution in [-0.4, -0.2) is 35.8 Å². The molecule has 2 aromatic rings. The maximum Gasteiger partial charge on any atom is 0.244 e. The van der Waals surface area contributed by atoms with Gasteiger partial charge in [-0.3, -0.25) is 5.10 Å². The summed E-state index contributed by atoms with van der Waals surface area (Å²) in [4.78, 5) is 6.47. The zero-order valence-corrected chi connectivity index (χ0v) is 10.6. The van der Waals surface area contributed by atoms with E-state index in [0.717, 1.165) is 24.7 Å². The highest BCUT2D eigenvalue weighted by atomic mass is 15.3. The van der Waals surface area contributed by atoms with E-state index in [1.54, 1.807) is 0 Å². The van der Waals surface area contributed by atoms with Gasteiger partial charge in [-0.05, 0) is 18.1 Å². The molecule has 2 heterocycles. The molecule has 18 heavy (non-hydrogen) atoms. The first-order valence-electron chi connectivity index (χ1n) is 6.18. The smallest absolute Gasteiger partial charge is 0.244 e. The van der Waals surface area contributed by atoms with Crippen LogP contribution in [0.2, 0.25) is 0 Å². The van der Waals surface area contributed by atoms with E-state index in [1.807, 2.05) is 19.0 Å². The summed E-state index contributed by atoms with van der Waals surface area (Å²) >= 11 is 0. The number of nitrogens with zero attached hydrogens (tertiary/aromatic N) is 3. The van der Waals surface area contributed by atoms with E-state index >= 15 is 0 Å². The van der Waals surface area contributed by atoms with E-state index in [-0.39, 0.29) is 0 Å². The number of hydrogen-bond acceptors (Lipinski definition) is 4. The van der Waals surface area contributed by atoms with Crippen molar-refractivity contribution in [3.63, 3.8) is 0 Å². The average molecular weight is 243 g/mol. The van der Waals surface area contributed by atoms with Gasteiger partial charge in [-0.15, -0.1) is 5.10 Å². The van der Waals surface area contributed by atoms with Crippen LogP contribution in [0.3, 0.4) is 0 Å². The van der Waals surface area contributed by atoms with Crippen molar-refractivity contribution in [2.45, 2.75) is 12.3 Å². The Morgan fingerprint density at radius 3 is 2.89 bits per heavy atom. The monoisotopic (exact) mass is 243 g/mol. The van der Waals surface area contributed by atoms with Gasteiger partial charge in [0.15, 0.2) is 0 Å². The molecule has 1 aliphatic rings. The molecule has 0 spiro atoms. The van der Waals surface area contributed by atoms with E-state index in [2.05, 4.69) is 44.8 Å². The molecule has 1 aromatic heterocycles. The fraction of sp³-hybridized carbons (Fsp3) is 0.385. The first-order chi connectivity index (χ1) is 8.75. The molecule has 1 atom stereocenters. The van der Waals surface area contributed by atoms with Gasteiger partial charge in [0.1, 0.15) is 5.82 Å². The number of para-hydroxylation sites is 1. The molecule has 0 radical (unpaired) electrons. The number of benzene rings is 1. The number of hydrogen-bond donors (Lipinski definition) is 2. The molecule has 1 aliphatic heterocycles.